The Balaban J connectivity index is 2.04. The summed E-state index contributed by atoms with van der Waals surface area (Å²) in [5.41, 5.74) is 0.458. The van der Waals surface area contributed by atoms with Crippen LogP contribution in [0, 0.1) is 5.82 Å². The van der Waals surface area contributed by atoms with E-state index in [0.29, 0.717) is 15.6 Å². The molecule has 0 atom stereocenters. The van der Waals surface area contributed by atoms with Crippen molar-refractivity contribution in [1.82, 2.24) is 15.5 Å². The number of rotatable bonds is 6. The van der Waals surface area contributed by atoms with Crippen molar-refractivity contribution in [2.45, 2.75) is 19.8 Å². The molecule has 3 nitrogen and oxygen atoms in total. The first-order valence-corrected chi connectivity index (χ1v) is 7.38. The van der Waals surface area contributed by atoms with Crippen molar-refractivity contribution < 1.29 is 4.39 Å². The van der Waals surface area contributed by atoms with E-state index in [4.69, 9.17) is 11.6 Å². The van der Waals surface area contributed by atoms with Crippen LogP contribution in [0.15, 0.2) is 18.2 Å². The first-order valence-electron chi connectivity index (χ1n) is 6.19. The molecule has 0 aliphatic carbocycles. The Morgan fingerprint density at radius 3 is 2.95 bits per heavy atom. The third-order valence-corrected chi connectivity index (χ3v) is 3.87. The molecule has 1 N–H and O–H groups in total. The van der Waals surface area contributed by atoms with Crippen LogP contribution in [-0.2, 0) is 6.42 Å². The standard InChI is InChI=1S/C13H15ClFN3S/c1-2-16-7-3-4-12-17-18-13(19-12)10-6-5-9(14)8-11(10)15/h5-6,8,16H,2-4,7H2,1H3. The summed E-state index contributed by atoms with van der Waals surface area (Å²) in [6.45, 7) is 4.00. The van der Waals surface area contributed by atoms with E-state index in [1.165, 1.54) is 17.4 Å². The minimum absolute atomic E-state index is 0.358. The molecule has 102 valence electrons. The van der Waals surface area contributed by atoms with Gasteiger partial charge >= 0.3 is 0 Å². The summed E-state index contributed by atoms with van der Waals surface area (Å²) in [7, 11) is 0. The van der Waals surface area contributed by atoms with Crippen LogP contribution in [0.3, 0.4) is 0 Å². The zero-order chi connectivity index (χ0) is 13.7. The van der Waals surface area contributed by atoms with E-state index >= 15 is 0 Å². The molecular formula is C13H15ClFN3S. The lowest BCUT2D eigenvalue weighted by atomic mass is 10.2. The van der Waals surface area contributed by atoms with E-state index in [0.717, 1.165) is 30.9 Å². The zero-order valence-electron chi connectivity index (χ0n) is 10.6. The molecule has 0 aliphatic rings. The topological polar surface area (TPSA) is 37.8 Å². The summed E-state index contributed by atoms with van der Waals surface area (Å²) in [5, 5.41) is 13.3. The number of aryl methyl sites for hydroxylation is 1. The van der Waals surface area contributed by atoms with Crippen molar-refractivity contribution in [2.75, 3.05) is 13.1 Å². The average Bonchev–Trinajstić information content (AvgIpc) is 2.83. The highest BCUT2D eigenvalue weighted by molar-refractivity contribution is 7.14. The SMILES string of the molecule is CCNCCCc1nnc(-c2ccc(Cl)cc2F)s1. The predicted octanol–water partition coefficient (Wildman–Crippen LogP) is 3.54. The maximum atomic E-state index is 13.7. The van der Waals surface area contributed by atoms with Crippen molar-refractivity contribution in [3.63, 3.8) is 0 Å². The molecule has 0 bridgehead atoms. The van der Waals surface area contributed by atoms with Crippen LogP contribution in [0.4, 0.5) is 4.39 Å². The Morgan fingerprint density at radius 1 is 1.37 bits per heavy atom. The van der Waals surface area contributed by atoms with Crippen LogP contribution in [-0.4, -0.2) is 23.3 Å². The van der Waals surface area contributed by atoms with Gasteiger partial charge in [0.15, 0.2) is 5.01 Å². The van der Waals surface area contributed by atoms with Gasteiger partial charge in [0.2, 0.25) is 0 Å². The minimum Gasteiger partial charge on any atom is -0.317 e. The van der Waals surface area contributed by atoms with E-state index in [1.54, 1.807) is 12.1 Å². The summed E-state index contributed by atoms with van der Waals surface area (Å²) < 4.78 is 13.7. The van der Waals surface area contributed by atoms with Gasteiger partial charge in [-0.05, 0) is 37.7 Å². The van der Waals surface area contributed by atoms with Crippen molar-refractivity contribution in [3.8, 4) is 10.6 Å². The summed E-state index contributed by atoms with van der Waals surface area (Å²) >= 11 is 7.16. The first-order chi connectivity index (χ1) is 9.20. The van der Waals surface area contributed by atoms with Crippen LogP contribution in [0.2, 0.25) is 5.02 Å². The fourth-order valence-corrected chi connectivity index (χ4v) is 2.73. The first kappa shape index (κ1) is 14.4. The molecule has 0 amide bonds. The third kappa shape index (κ3) is 3.96. The molecule has 0 spiro atoms. The van der Waals surface area contributed by atoms with Gasteiger partial charge in [-0.1, -0.05) is 29.9 Å². The van der Waals surface area contributed by atoms with Crippen LogP contribution in [0.25, 0.3) is 10.6 Å². The maximum absolute atomic E-state index is 13.7. The van der Waals surface area contributed by atoms with Gasteiger partial charge in [-0.25, -0.2) is 4.39 Å². The van der Waals surface area contributed by atoms with Crippen molar-refractivity contribution in [1.29, 1.82) is 0 Å². The fourth-order valence-electron chi connectivity index (χ4n) is 1.67. The molecule has 0 aliphatic heterocycles. The molecule has 0 unspecified atom stereocenters. The highest BCUT2D eigenvalue weighted by Gasteiger charge is 2.11. The number of nitrogens with one attached hydrogen (secondary N) is 1. The van der Waals surface area contributed by atoms with Gasteiger partial charge in [-0.2, -0.15) is 0 Å². The lowest BCUT2D eigenvalue weighted by molar-refractivity contribution is 0.631. The van der Waals surface area contributed by atoms with Gasteiger partial charge in [0.25, 0.3) is 0 Å². The van der Waals surface area contributed by atoms with Crippen LogP contribution in [0.5, 0.6) is 0 Å². The van der Waals surface area contributed by atoms with Gasteiger partial charge in [-0.3, -0.25) is 0 Å². The highest BCUT2D eigenvalue weighted by atomic mass is 35.5. The average molecular weight is 300 g/mol. The van der Waals surface area contributed by atoms with Crippen LogP contribution in [0.1, 0.15) is 18.4 Å². The molecule has 1 heterocycles. The van der Waals surface area contributed by atoms with Gasteiger partial charge in [0.1, 0.15) is 10.8 Å². The molecule has 0 fully saturated rings. The van der Waals surface area contributed by atoms with Crippen molar-refractivity contribution >= 4 is 22.9 Å². The molecular weight excluding hydrogens is 285 g/mol. The lowest BCUT2D eigenvalue weighted by Crippen LogP contribution is -2.14. The predicted molar refractivity (Wildman–Crippen MR) is 77.2 cm³/mol. The second kappa shape index (κ2) is 6.93. The summed E-state index contributed by atoms with van der Waals surface area (Å²) in [6.07, 6.45) is 1.87. The van der Waals surface area contributed by atoms with Gasteiger partial charge in [0, 0.05) is 17.0 Å². The van der Waals surface area contributed by atoms with E-state index in [9.17, 15) is 4.39 Å². The fraction of sp³-hybridized carbons (Fsp3) is 0.385. The number of benzene rings is 1. The normalized spacial score (nSPS) is 10.9. The van der Waals surface area contributed by atoms with E-state index < -0.39 is 0 Å². The van der Waals surface area contributed by atoms with Crippen molar-refractivity contribution in [3.05, 3.63) is 34.0 Å². The molecule has 1 aromatic carbocycles. The summed E-state index contributed by atoms with van der Waals surface area (Å²) in [4.78, 5) is 0. The number of hydrogen-bond acceptors (Lipinski definition) is 4. The third-order valence-electron chi connectivity index (χ3n) is 2.62. The number of nitrogens with zero attached hydrogens (tertiary/aromatic N) is 2. The summed E-state index contributed by atoms with van der Waals surface area (Å²) in [6, 6.07) is 4.59. The Morgan fingerprint density at radius 2 is 2.21 bits per heavy atom. The largest absolute Gasteiger partial charge is 0.317 e. The quantitative estimate of drug-likeness (QED) is 0.829. The minimum atomic E-state index is -0.358. The zero-order valence-corrected chi connectivity index (χ0v) is 12.2. The second-order valence-corrected chi connectivity index (χ2v) is 5.58. The number of halogens is 2. The molecule has 2 rings (SSSR count). The van der Waals surface area contributed by atoms with Crippen LogP contribution < -0.4 is 5.32 Å². The highest BCUT2D eigenvalue weighted by Crippen LogP contribution is 2.28. The van der Waals surface area contributed by atoms with Gasteiger partial charge in [0.05, 0.1) is 0 Å². The summed E-state index contributed by atoms with van der Waals surface area (Å²) in [5.74, 6) is -0.358. The molecule has 6 heteroatoms. The number of hydrogen-bond donors (Lipinski definition) is 1. The molecule has 0 saturated heterocycles. The Kier molecular flexibility index (Phi) is 5.24. The van der Waals surface area contributed by atoms with E-state index in [2.05, 4.69) is 22.4 Å². The maximum Gasteiger partial charge on any atom is 0.150 e. The molecule has 19 heavy (non-hydrogen) atoms. The second-order valence-electron chi connectivity index (χ2n) is 4.08. The lowest BCUT2D eigenvalue weighted by Gasteiger charge is -1.98. The van der Waals surface area contributed by atoms with Crippen molar-refractivity contribution in [2.24, 2.45) is 0 Å². The van der Waals surface area contributed by atoms with Crippen LogP contribution >= 0.6 is 22.9 Å². The Bertz CT molecular complexity index is 544. The molecule has 1 aromatic heterocycles. The van der Waals surface area contributed by atoms with E-state index in [-0.39, 0.29) is 5.82 Å². The Hall–Kier alpha value is -1.04. The molecule has 0 radical (unpaired) electrons. The number of aromatic nitrogens is 2. The van der Waals surface area contributed by atoms with Gasteiger partial charge in [-0.15, -0.1) is 10.2 Å². The molecule has 2 aromatic rings. The van der Waals surface area contributed by atoms with E-state index in [1.807, 2.05) is 0 Å². The molecule has 0 saturated carbocycles. The monoisotopic (exact) mass is 299 g/mol. The van der Waals surface area contributed by atoms with Gasteiger partial charge < -0.3 is 5.32 Å². The Labute approximate surface area is 120 Å². The smallest absolute Gasteiger partial charge is 0.150 e.